The van der Waals surface area contributed by atoms with Crippen LogP contribution in [-0.2, 0) is 18.0 Å². The van der Waals surface area contributed by atoms with Gasteiger partial charge in [0, 0.05) is 0 Å². The summed E-state index contributed by atoms with van der Waals surface area (Å²) >= 11 is -3.87. The summed E-state index contributed by atoms with van der Waals surface area (Å²) in [4.78, 5) is 0. The van der Waals surface area contributed by atoms with Crippen molar-refractivity contribution in [2.24, 2.45) is 0 Å². The van der Waals surface area contributed by atoms with Gasteiger partial charge in [-0.1, -0.05) is 0 Å². The van der Waals surface area contributed by atoms with Crippen molar-refractivity contribution in [2.75, 3.05) is 0 Å². The second kappa shape index (κ2) is 9.59. The molecule has 6 rings (SSSR count). The molecule has 2 atom stereocenters. The monoisotopic (exact) mass is 690 g/mol. The minimum absolute atomic E-state index is 0.480. The summed E-state index contributed by atoms with van der Waals surface area (Å²) in [5, 5.41) is 0. The van der Waals surface area contributed by atoms with E-state index in [1.807, 2.05) is 0 Å². The van der Waals surface area contributed by atoms with Crippen molar-refractivity contribution in [3.63, 3.8) is 0 Å². The van der Waals surface area contributed by atoms with Gasteiger partial charge in [0.25, 0.3) is 0 Å². The molecule has 0 spiro atoms. The van der Waals surface area contributed by atoms with Gasteiger partial charge in [0.1, 0.15) is 0 Å². The Labute approximate surface area is 242 Å². The van der Waals surface area contributed by atoms with Crippen molar-refractivity contribution in [3.05, 3.63) is 129 Å². The fourth-order valence-electron chi connectivity index (χ4n) is 7.80. The first-order chi connectivity index (χ1) is 19.0. The van der Waals surface area contributed by atoms with Crippen molar-refractivity contribution in [3.8, 4) is 22.3 Å². The second-order valence-corrected chi connectivity index (χ2v) is 40.5. The van der Waals surface area contributed by atoms with Gasteiger partial charge in [0.2, 0.25) is 0 Å². The molecule has 2 aliphatic carbocycles. The van der Waals surface area contributed by atoms with Crippen molar-refractivity contribution >= 4 is 15.4 Å². The summed E-state index contributed by atoms with van der Waals surface area (Å²) in [5.41, 5.74) is 16.6. The SMILES string of the molecule is C[C](C)=[Hf]([CH3])([CH3])([CH]1C=Cc2c(-c3cc(C)cc(C)c3)cccc21)[CH]1C=Cc2c(-c3cc(C)cc(C)c3)cccc21. The van der Waals surface area contributed by atoms with E-state index >= 15 is 0 Å². The van der Waals surface area contributed by atoms with Crippen molar-refractivity contribution in [1.29, 1.82) is 0 Å². The van der Waals surface area contributed by atoms with Crippen LogP contribution in [-0.4, -0.2) is 3.26 Å². The van der Waals surface area contributed by atoms with E-state index in [9.17, 15) is 0 Å². The third-order valence-corrected chi connectivity index (χ3v) is 39.1. The van der Waals surface area contributed by atoms with E-state index in [1.165, 1.54) is 66.8 Å². The number of rotatable bonds is 4. The zero-order valence-electron chi connectivity index (χ0n) is 25.4. The van der Waals surface area contributed by atoms with Gasteiger partial charge >= 0.3 is 243 Å². The predicted octanol–water partition coefficient (Wildman–Crippen LogP) is 11.1. The molecule has 0 N–H and O–H groups in total. The third-order valence-electron chi connectivity index (χ3n) is 10.4. The van der Waals surface area contributed by atoms with Gasteiger partial charge in [-0.15, -0.1) is 0 Å². The second-order valence-electron chi connectivity index (χ2n) is 13.7. The quantitative estimate of drug-likeness (QED) is 0.187. The Kier molecular flexibility index (Phi) is 6.54. The van der Waals surface area contributed by atoms with E-state index in [0.717, 1.165) is 0 Å². The Morgan fingerprint density at radius 2 is 0.925 bits per heavy atom. The van der Waals surface area contributed by atoms with Gasteiger partial charge in [-0.05, 0) is 0 Å². The van der Waals surface area contributed by atoms with Gasteiger partial charge in [-0.25, -0.2) is 0 Å². The van der Waals surface area contributed by atoms with E-state index < -0.39 is 18.0 Å². The Hall–Kier alpha value is -2.90. The average molecular weight is 689 g/mol. The molecule has 0 saturated carbocycles. The van der Waals surface area contributed by atoms with E-state index in [0.29, 0.717) is 7.35 Å². The first-order valence-electron chi connectivity index (χ1n) is 14.8. The van der Waals surface area contributed by atoms with E-state index in [4.69, 9.17) is 0 Å². The molecule has 0 radical (unpaired) electrons. The number of fused-ring (bicyclic) bond motifs is 2. The van der Waals surface area contributed by atoms with Crippen molar-refractivity contribution in [1.82, 2.24) is 0 Å². The van der Waals surface area contributed by atoms with Crippen LogP contribution in [0.2, 0.25) is 9.36 Å². The molecular weight excluding hydrogens is 647 g/mol. The number of benzene rings is 4. The molecule has 2 aliphatic rings. The number of allylic oxidation sites excluding steroid dienone is 2. The van der Waals surface area contributed by atoms with Crippen LogP contribution in [0.5, 0.6) is 0 Å². The molecule has 4 aromatic carbocycles. The molecule has 0 fully saturated rings. The first-order valence-corrected chi connectivity index (χ1v) is 27.9. The summed E-state index contributed by atoms with van der Waals surface area (Å²) in [6.45, 7) is 13.7. The fraction of sp³-hybridized carbons (Fsp3) is 0.256. The summed E-state index contributed by atoms with van der Waals surface area (Å²) in [6.07, 6.45) is 10.1. The van der Waals surface area contributed by atoms with Gasteiger partial charge in [-0.2, -0.15) is 0 Å². The summed E-state index contributed by atoms with van der Waals surface area (Å²) in [7, 11) is 0. The molecule has 0 saturated heterocycles. The van der Waals surface area contributed by atoms with Crippen LogP contribution in [0.1, 0.15) is 65.7 Å². The topological polar surface area (TPSA) is 0 Å². The number of aryl methyl sites for hydroxylation is 4. The summed E-state index contributed by atoms with van der Waals surface area (Å²) < 4.78 is 8.10. The van der Waals surface area contributed by atoms with Crippen LogP contribution in [0.15, 0.2) is 84.9 Å². The van der Waals surface area contributed by atoms with Crippen LogP contribution in [0.3, 0.4) is 0 Å². The number of hydrogen-bond acceptors (Lipinski definition) is 0. The Balaban J connectivity index is 1.51. The molecule has 0 bridgehead atoms. The van der Waals surface area contributed by atoms with E-state index in [1.54, 1.807) is 3.26 Å². The Morgan fingerprint density at radius 1 is 0.550 bits per heavy atom. The summed E-state index contributed by atoms with van der Waals surface area (Å²) in [5.74, 6) is 0. The van der Waals surface area contributed by atoms with Crippen LogP contribution in [0.25, 0.3) is 34.4 Å². The van der Waals surface area contributed by atoms with E-state index in [-0.39, 0.29) is 0 Å². The molecule has 202 valence electrons. The van der Waals surface area contributed by atoms with Gasteiger partial charge in [-0.3, -0.25) is 0 Å². The van der Waals surface area contributed by atoms with Crippen molar-refractivity contribution < 1.29 is 18.0 Å². The van der Waals surface area contributed by atoms with E-state index in [2.05, 4.69) is 148 Å². The molecule has 0 nitrogen and oxygen atoms in total. The normalized spacial score (nSPS) is 17.7. The average Bonchev–Trinajstić information content (AvgIpc) is 3.53. The molecule has 0 heterocycles. The molecule has 4 aromatic rings. The standard InChI is InChI=1S/2C17H15.C3H6.2CH3.Hf/c2*1-12-9-13(2)11-15(10-12)17-8-4-6-14-5-3-7-16(14)17;1-3-2;;;/h2*3-11H,1-2H3;1-2H3;2*1H3;. The van der Waals surface area contributed by atoms with Gasteiger partial charge < -0.3 is 0 Å². The molecule has 40 heavy (non-hydrogen) atoms. The Morgan fingerprint density at radius 3 is 1.27 bits per heavy atom. The van der Waals surface area contributed by atoms with Gasteiger partial charge in [0.05, 0.1) is 0 Å². The molecule has 1 heteroatoms. The van der Waals surface area contributed by atoms with Crippen LogP contribution in [0.4, 0.5) is 0 Å². The number of hydrogen-bond donors (Lipinski definition) is 0. The van der Waals surface area contributed by atoms with Gasteiger partial charge in [0.15, 0.2) is 0 Å². The van der Waals surface area contributed by atoms with Crippen molar-refractivity contribution in [2.45, 2.75) is 58.3 Å². The zero-order chi connectivity index (χ0) is 28.4. The molecule has 0 aromatic heterocycles. The third kappa shape index (κ3) is 4.16. The predicted molar refractivity (Wildman–Crippen MR) is 174 cm³/mol. The maximum absolute atomic E-state index is 3.87. The van der Waals surface area contributed by atoms with Crippen LogP contribution < -0.4 is 0 Å². The Bertz CT molecular complexity index is 1650. The first kappa shape index (κ1) is 27.3. The minimum atomic E-state index is -3.87. The van der Waals surface area contributed by atoms with Crippen LogP contribution in [0, 0.1) is 27.7 Å². The molecule has 0 aliphatic heterocycles. The summed E-state index contributed by atoms with van der Waals surface area (Å²) in [6, 6.07) is 28.0. The maximum atomic E-state index is 2.73. The molecule has 0 amide bonds. The fourth-order valence-corrected chi connectivity index (χ4v) is 27.3. The zero-order valence-corrected chi connectivity index (χ0v) is 29.0. The van der Waals surface area contributed by atoms with Crippen LogP contribution >= 0.6 is 0 Å². The molecule has 2 unspecified atom stereocenters. The molecular formula is C39H42Hf.